The highest BCUT2D eigenvalue weighted by Gasteiger charge is 2.19. The van der Waals surface area contributed by atoms with E-state index in [1.54, 1.807) is 24.6 Å². The van der Waals surface area contributed by atoms with Gasteiger partial charge in [0.1, 0.15) is 5.76 Å². The summed E-state index contributed by atoms with van der Waals surface area (Å²) in [6.07, 6.45) is 1.80. The van der Waals surface area contributed by atoms with Crippen LogP contribution in [0.15, 0.2) is 33.1 Å². The van der Waals surface area contributed by atoms with Gasteiger partial charge in [0.15, 0.2) is 5.96 Å². The molecule has 0 amide bonds. The van der Waals surface area contributed by atoms with Crippen LogP contribution in [-0.4, -0.2) is 43.5 Å². The first-order chi connectivity index (χ1) is 11.8. The van der Waals surface area contributed by atoms with Gasteiger partial charge in [-0.15, -0.1) is 11.3 Å². The summed E-state index contributed by atoms with van der Waals surface area (Å²) in [6.45, 7) is 7.60. The molecule has 1 unspecified atom stereocenters. The third-order valence-corrected chi connectivity index (χ3v) is 4.85. The lowest BCUT2D eigenvalue weighted by Gasteiger charge is -2.24. The zero-order valence-electron chi connectivity index (χ0n) is 16.0. The van der Waals surface area contributed by atoms with Crippen LogP contribution in [0.25, 0.3) is 0 Å². The molecule has 0 aliphatic carbocycles. The second kappa shape index (κ2) is 8.49. The van der Waals surface area contributed by atoms with E-state index in [-0.39, 0.29) is 5.41 Å². The van der Waals surface area contributed by atoms with Gasteiger partial charge in [-0.2, -0.15) is 0 Å². The highest BCUT2D eigenvalue weighted by molar-refractivity contribution is 7.10. The maximum atomic E-state index is 5.80. The first-order valence-corrected chi connectivity index (χ1v) is 9.28. The number of hydrogen-bond acceptors (Lipinski definition) is 5. The molecule has 6 nitrogen and oxygen atoms in total. The van der Waals surface area contributed by atoms with Crippen LogP contribution in [0.1, 0.15) is 43.3 Å². The van der Waals surface area contributed by atoms with E-state index in [9.17, 15) is 0 Å². The van der Waals surface area contributed by atoms with Gasteiger partial charge in [-0.25, -0.2) is 4.98 Å². The normalized spacial score (nSPS) is 14.0. The number of aromatic nitrogens is 1. The average Bonchev–Trinajstić information content (AvgIpc) is 3.21. The Morgan fingerprint density at radius 2 is 2.12 bits per heavy atom. The largest absolute Gasteiger partial charge is 0.443 e. The van der Waals surface area contributed by atoms with Crippen LogP contribution in [0.3, 0.4) is 0 Å². The van der Waals surface area contributed by atoms with Crippen molar-refractivity contribution < 1.29 is 4.42 Å². The monoisotopic (exact) mass is 363 g/mol. The van der Waals surface area contributed by atoms with Crippen molar-refractivity contribution in [3.8, 4) is 0 Å². The summed E-state index contributed by atoms with van der Waals surface area (Å²) in [7, 11) is 5.94. The standard InChI is InChI=1S/C18H29N5OS/c1-18(2,3)15-11-20-16(24-15)12-22-17(19-4)21-10-13(23(5)6)14-8-7-9-25-14/h7-9,11,13H,10,12H2,1-6H3,(H2,19,21,22). The van der Waals surface area contributed by atoms with Gasteiger partial charge in [0.2, 0.25) is 5.89 Å². The summed E-state index contributed by atoms with van der Waals surface area (Å²) < 4.78 is 5.80. The van der Waals surface area contributed by atoms with Crippen molar-refractivity contribution in [1.29, 1.82) is 0 Å². The fourth-order valence-corrected chi connectivity index (χ4v) is 3.25. The van der Waals surface area contributed by atoms with Crippen molar-refractivity contribution in [2.24, 2.45) is 4.99 Å². The summed E-state index contributed by atoms with van der Waals surface area (Å²) >= 11 is 1.77. The molecule has 0 aliphatic heterocycles. The molecule has 0 radical (unpaired) electrons. The number of rotatable bonds is 6. The van der Waals surface area contributed by atoms with Crippen molar-refractivity contribution in [3.05, 3.63) is 40.2 Å². The van der Waals surface area contributed by atoms with Crippen molar-refractivity contribution in [3.63, 3.8) is 0 Å². The second-order valence-corrected chi connectivity index (χ2v) is 8.15. The number of guanidine groups is 1. The lowest BCUT2D eigenvalue weighted by molar-refractivity contribution is 0.302. The lowest BCUT2D eigenvalue weighted by Crippen LogP contribution is -2.41. The smallest absolute Gasteiger partial charge is 0.213 e. The highest BCUT2D eigenvalue weighted by Crippen LogP contribution is 2.23. The number of thiophene rings is 1. The number of aliphatic imine (C=N–C) groups is 1. The van der Waals surface area contributed by atoms with E-state index in [2.05, 4.69) is 77.9 Å². The van der Waals surface area contributed by atoms with Crippen molar-refractivity contribution in [2.75, 3.05) is 27.7 Å². The molecule has 0 saturated carbocycles. The Bertz CT molecular complexity index is 670. The van der Waals surface area contributed by atoms with Gasteiger partial charge in [0, 0.05) is 23.9 Å². The predicted molar refractivity (Wildman–Crippen MR) is 104 cm³/mol. The van der Waals surface area contributed by atoms with Gasteiger partial charge in [-0.05, 0) is 25.5 Å². The minimum absolute atomic E-state index is 0.0369. The molecule has 0 spiro atoms. The minimum Gasteiger partial charge on any atom is -0.443 e. The number of nitrogens with one attached hydrogen (secondary N) is 2. The minimum atomic E-state index is -0.0369. The summed E-state index contributed by atoms with van der Waals surface area (Å²) in [5, 5.41) is 8.74. The van der Waals surface area contributed by atoms with E-state index in [1.807, 2.05) is 0 Å². The van der Waals surface area contributed by atoms with Gasteiger partial charge in [0.25, 0.3) is 0 Å². The molecule has 0 aromatic carbocycles. The number of likely N-dealkylation sites (N-methyl/N-ethyl adjacent to an activating group) is 1. The molecule has 25 heavy (non-hydrogen) atoms. The topological polar surface area (TPSA) is 65.7 Å². The third kappa shape index (κ3) is 5.57. The molecule has 2 aromatic rings. The number of hydrogen-bond donors (Lipinski definition) is 2. The van der Waals surface area contributed by atoms with Crippen LogP contribution in [-0.2, 0) is 12.0 Å². The van der Waals surface area contributed by atoms with Crippen LogP contribution in [0, 0.1) is 0 Å². The molecule has 1 atom stereocenters. The van der Waals surface area contributed by atoms with Gasteiger partial charge in [-0.3, -0.25) is 4.99 Å². The van der Waals surface area contributed by atoms with Crippen molar-refractivity contribution in [2.45, 2.75) is 38.8 Å². The summed E-state index contributed by atoms with van der Waals surface area (Å²) in [4.78, 5) is 12.1. The Morgan fingerprint density at radius 1 is 1.36 bits per heavy atom. The molecule has 0 saturated heterocycles. The van der Waals surface area contributed by atoms with E-state index < -0.39 is 0 Å². The van der Waals surface area contributed by atoms with Crippen molar-refractivity contribution in [1.82, 2.24) is 20.5 Å². The fourth-order valence-electron chi connectivity index (χ4n) is 2.33. The maximum Gasteiger partial charge on any atom is 0.213 e. The Labute approximate surface area is 154 Å². The van der Waals surface area contributed by atoms with Crippen LogP contribution < -0.4 is 10.6 Å². The Hall–Kier alpha value is -1.86. The Balaban J connectivity index is 1.89. The zero-order valence-corrected chi connectivity index (χ0v) is 16.8. The summed E-state index contributed by atoms with van der Waals surface area (Å²) in [5.41, 5.74) is -0.0369. The van der Waals surface area contributed by atoms with Gasteiger partial charge in [0.05, 0.1) is 18.8 Å². The Morgan fingerprint density at radius 3 is 2.64 bits per heavy atom. The fraction of sp³-hybridized carbons (Fsp3) is 0.556. The van der Waals surface area contributed by atoms with Crippen LogP contribution in [0.4, 0.5) is 0 Å². The van der Waals surface area contributed by atoms with Crippen LogP contribution in [0.2, 0.25) is 0 Å². The summed E-state index contributed by atoms with van der Waals surface area (Å²) in [5.74, 6) is 2.28. The maximum absolute atomic E-state index is 5.80. The summed E-state index contributed by atoms with van der Waals surface area (Å²) in [6, 6.07) is 4.54. The molecule has 0 fully saturated rings. The molecule has 2 aromatic heterocycles. The van der Waals surface area contributed by atoms with E-state index in [4.69, 9.17) is 4.42 Å². The zero-order chi connectivity index (χ0) is 18.4. The molecule has 7 heteroatoms. The molecule has 138 valence electrons. The number of nitrogens with zero attached hydrogens (tertiary/aromatic N) is 3. The SMILES string of the molecule is CN=C(NCc1ncc(C(C)(C)C)o1)NCC(c1cccs1)N(C)C. The third-order valence-electron chi connectivity index (χ3n) is 3.88. The predicted octanol–water partition coefficient (Wildman–Crippen LogP) is 3.00. The van der Waals surface area contributed by atoms with E-state index in [1.165, 1.54) is 4.88 Å². The highest BCUT2D eigenvalue weighted by atomic mass is 32.1. The molecule has 2 heterocycles. The quantitative estimate of drug-likeness (QED) is 0.610. The lowest BCUT2D eigenvalue weighted by atomic mass is 9.94. The van der Waals surface area contributed by atoms with Gasteiger partial charge in [-0.1, -0.05) is 26.8 Å². The molecule has 2 N–H and O–H groups in total. The molecular formula is C18H29N5OS. The van der Waals surface area contributed by atoms with E-state index >= 15 is 0 Å². The average molecular weight is 364 g/mol. The van der Waals surface area contributed by atoms with Gasteiger partial charge >= 0.3 is 0 Å². The second-order valence-electron chi connectivity index (χ2n) is 7.17. The van der Waals surface area contributed by atoms with Gasteiger partial charge < -0.3 is 20.0 Å². The Kier molecular flexibility index (Phi) is 6.61. The van der Waals surface area contributed by atoms with E-state index in [0.717, 1.165) is 18.3 Å². The van der Waals surface area contributed by atoms with Crippen LogP contribution in [0.5, 0.6) is 0 Å². The molecular weight excluding hydrogens is 334 g/mol. The first-order valence-electron chi connectivity index (χ1n) is 8.40. The number of oxazole rings is 1. The molecule has 2 rings (SSSR count). The van der Waals surface area contributed by atoms with Crippen LogP contribution >= 0.6 is 11.3 Å². The van der Waals surface area contributed by atoms with Crippen molar-refractivity contribution >= 4 is 17.3 Å². The first kappa shape index (κ1) is 19.5. The molecule has 0 bridgehead atoms. The van der Waals surface area contributed by atoms with E-state index in [0.29, 0.717) is 18.5 Å². The molecule has 0 aliphatic rings.